The maximum Gasteiger partial charge on any atom is 0.251 e. The summed E-state index contributed by atoms with van der Waals surface area (Å²) in [6, 6.07) is 8.73. The number of halogens is 1. The average molecular weight is 292 g/mol. The molecule has 5 nitrogen and oxygen atoms in total. The number of benzene rings is 1. The second-order valence-corrected chi connectivity index (χ2v) is 4.84. The molecule has 0 aliphatic heterocycles. The van der Waals surface area contributed by atoms with Crippen molar-refractivity contribution in [1.29, 1.82) is 0 Å². The van der Waals surface area contributed by atoms with E-state index < -0.39 is 0 Å². The number of hydrogen-bond acceptors (Lipinski definition) is 3. The molecular formula is C14H14ClN3O2. The predicted molar refractivity (Wildman–Crippen MR) is 76.6 cm³/mol. The third kappa shape index (κ3) is 4.20. The first kappa shape index (κ1) is 14.3. The average Bonchev–Trinajstić information content (AvgIpc) is 2.35. The molecule has 0 atom stereocenters. The minimum atomic E-state index is -0.239. The lowest BCUT2D eigenvalue weighted by Gasteiger charge is -2.05. The van der Waals surface area contributed by atoms with Gasteiger partial charge in [0.1, 0.15) is 5.82 Å². The smallest absolute Gasteiger partial charge is 0.251 e. The molecule has 0 bridgehead atoms. The van der Waals surface area contributed by atoms with Crippen LogP contribution >= 0.6 is 11.6 Å². The SMILES string of the molecule is CC(=O)NCc1cc(=O)[nH]c(Cc2cccc(Cl)c2)n1. The fraction of sp³-hybridized carbons (Fsp3) is 0.214. The van der Waals surface area contributed by atoms with Gasteiger partial charge in [-0.3, -0.25) is 9.59 Å². The Balaban J connectivity index is 2.19. The summed E-state index contributed by atoms with van der Waals surface area (Å²) in [6.07, 6.45) is 0.476. The second kappa shape index (κ2) is 6.34. The van der Waals surface area contributed by atoms with Gasteiger partial charge in [0.2, 0.25) is 5.91 Å². The van der Waals surface area contributed by atoms with E-state index in [1.165, 1.54) is 13.0 Å². The summed E-state index contributed by atoms with van der Waals surface area (Å²) in [4.78, 5) is 29.5. The maximum atomic E-state index is 11.6. The normalized spacial score (nSPS) is 10.3. The van der Waals surface area contributed by atoms with E-state index in [-0.39, 0.29) is 18.0 Å². The molecule has 6 heteroatoms. The Bertz CT molecular complexity index is 682. The van der Waals surface area contributed by atoms with Crippen molar-refractivity contribution >= 4 is 17.5 Å². The van der Waals surface area contributed by atoms with Gasteiger partial charge < -0.3 is 10.3 Å². The lowest BCUT2D eigenvalue weighted by molar-refractivity contribution is -0.119. The molecule has 0 saturated heterocycles. The maximum absolute atomic E-state index is 11.6. The molecule has 20 heavy (non-hydrogen) atoms. The van der Waals surface area contributed by atoms with Crippen molar-refractivity contribution in [3.05, 3.63) is 62.8 Å². The van der Waals surface area contributed by atoms with Crippen molar-refractivity contribution in [1.82, 2.24) is 15.3 Å². The van der Waals surface area contributed by atoms with Crippen LogP contribution in [0.4, 0.5) is 0 Å². The number of carbonyl (C=O) groups excluding carboxylic acids is 1. The Morgan fingerprint density at radius 2 is 2.20 bits per heavy atom. The summed E-state index contributed by atoms with van der Waals surface area (Å²) >= 11 is 5.92. The van der Waals surface area contributed by atoms with Gasteiger partial charge in [0.05, 0.1) is 12.2 Å². The minimum Gasteiger partial charge on any atom is -0.351 e. The molecule has 0 saturated carbocycles. The van der Waals surface area contributed by atoms with Gasteiger partial charge in [-0.2, -0.15) is 0 Å². The second-order valence-electron chi connectivity index (χ2n) is 4.40. The van der Waals surface area contributed by atoms with E-state index in [0.717, 1.165) is 5.56 Å². The molecule has 1 heterocycles. The number of aromatic amines is 1. The highest BCUT2D eigenvalue weighted by atomic mass is 35.5. The van der Waals surface area contributed by atoms with Gasteiger partial charge >= 0.3 is 0 Å². The first-order valence-corrected chi connectivity index (χ1v) is 6.49. The zero-order valence-electron chi connectivity index (χ0n) is 10.9. The summed E-state index contributed by atoms with van der Waals surface area (Å²) in [5.74, 6) is 0.378. The van der Waals surface area contributed by atoms with E-state index in [4.69, 9.17) is 11.6 Å². The van der Waals surface area contributed by atoms with E-state index >= 15 is 0 Å². The number of amides is 1. The quantitative estimate of drug-likeness (QED) is 0.899. The largest absolute Gasteiger partial charge is 0.351 e. The number of H-pyrrole nitrogens is 1. The minimum absolute atomic E-state index is 0.163. The topological polar surface area (TPSA) is 74.8 Å². The molecule has 0 unspecified atom stereocenters. The molecule has 0 fully saturated rings. The Hall–Kier alpha value is -2.14. The van der Waals surface area contributed by atoms with Crippen molar-refractivity contribution in [2.75, 3.05) is 0 Å². The lowest BCUT2D eigenvalue weighted by Crippen LogP contribution is -2.22. The van der Waals surface area contributed by atoms with Crippen LogP contribution in [0, 0.1) is 0 Å². The summed E-state index contributed by atoms with van der Waals surface area (Å²) < 4.78 is 0. The van der Waals surface area contributed by atoms with Gasteiger partial charge in [-0.15, -0.1) is 0 Å². The number of nitrogens with zero attached hydrogens (tertiary/aromatic N) is 1. The van der Waals surface area contributed by atoms with Crippen LogP contribution in [0.3, 0.4) is 0 Å². The molecular weight excluding hydrogens is 278 g/mol. The van der Waals surface area contributed by atoms with Gasteiger partial charge in [0.25, 0.3) is 5.56 Å². The van der Waals surface area contributed by atoms with Crippen LogP contribution in [0.2, 0.25) is 5.02 Å². The third-order valence-electron chi connectivity index (χ3n) is 2.62. The molecule has 1 amide bonds. The Morgan fingerprint density at radius 3 is 2.90 bits per heavy atom. The Kier molecular flexibility index (Phi) is 4.53. The molecule has 2 aromatic rings. The fourth-order valence-electron chi connectivity index (χ4n) is 1.79. The van der Waals surface area contributed by atoms with Crippen molar-refractivity contribution in [2.24, 2.45) is 0 Å². The van der Waals surface area contributed by atoms with Crippen molar-refractivity contribution in [2.45, 2.75) is 19.9 Å². The van der Waals surface area contributed by atoms with Crippen LogP contribution in [0.15, 0.2) is 35.1 Å². The van der Waals surface area contributed by atoms with E-state index in [0.29, 0.717) is 23.0 Å². The summed E-state index contributed by atoms with van der Waals surface area (Å²) in [6.45, 7) is 1.65. The van der Waals surface area contributed by atoms with Gasteiger partial charge in [-0.1, -0.05) is 23.7 Å². The summed E-state index contributed by atoms with van der Waals surface area (Å²) in [5.41, 5.74) is 1.25. The molecule has 2 N–H and O–H groups in total. The number of rotatable bonds is 4. The standard InChI is InChI=1S/C14H14ClN3O2/c1-9(19)16-8-12-7-14(20)18-13(17-12)6-10-3-2-4-11(15)5-10/h2-5,7H,6,8H2,1H3,(H,16,19)(H,17,18,20). The molecule has 1 aromatic heterocycles. The van der Waals surface area contributed by atoms with Crippen LogP contribution in [-0.4, -0.2) is 15.9 Å². The number of carbonyl (C=O) groups is 1. The Labute approximate surface area is 121 Å². The van der Waals surface area contributed by atoms with Crippen LogP contribution in [-0.2, 0) is 17.8 Å². The zero-order valence-corrected chi connectivity index (χ0v) is 11.7. The first-order valence-electron chi connectivity index (χ1n) is 6.11. The Morgan fingerprint density at radius 1 is 1.40 bits per heavy atom. The van der Waals surface area contributed by atoms with Crippen LogP contribution in [0.5, 0.6) is 0 Å². The molecule has 2 rings (SSSR count). The summed E-state index contributed by atoms with van der Waals surface area (Å²) in [5, 5.41) is 3.25. The number of aromatic nitrogens is 2. The lowest BCUT2D eigenvalue weighted by atomic mass is 10.1. The van der Waals surface area contributed by atoms with E-state index in [1.54, 1.807) is 6.07 Å². The highest BCUT2D eigenvalue weighted by molar-refractivity contribution is 6.30. The van der Waals surface area contributed by atoms with Crippen LogP contribution < -0.4 is 10.9 Å². The molecule has 104 valence electrons. The van der Waals surface area contributed by atoms with Gasteiger partial charge in [-0.05, 0) is 17.7 Å². The van der Waals surface area contributed by atoms with Gasteiger partial charge in [-0.25, -0.2) is 4.98 Å². The van der Waals surface area contributed by atoms with Crippen molar-refractivity contribution in [3.63, 3.8) is 0 Å². The summed E-state index contributed by atoms with van der Waals surface area (Å²) in [7, 11) is 0. The monoisotopic (exact) mass is 291 g/mol. The van der Waals surface area contributed by atoms with E-state index in [9.17, 15) is 9.59 Å². The van der Waals surface area contributed by atoms with Crippen LogP contribution in [0.25, 0.3) is 0 Å². The van der Waals surface area contributed by atoms with E-state index in [2.05, 4.69) is 15.3 Å². The van der Waals surface area contributed by atoms with E-state index in [1.807, 2.05) is 18.2 Å². The zero-order chi connectivity index (χ0) is 14.5. The fourth-order valence-corrected chi connectivity index (χ4v) is 2.01. The molecule has 1 aromatic carbocycles. The number of hydrogen-bond donors (Lipinski definition) is 2. The number of nitrogens with one attached hydrogen (secondary N) is 2. The molecule has 0 radical (unpaired) electrons. The third-order valence-corrected chi connectivity index (χ3v) is 2.86. The van der Waals surface area contributed by atoms with Crippen LogP contribution in [0.1, 0.15) is 24.0 Å². The van der Waals surface area contributed by atoms with Crippen molar-refractivity contribution in [3.8, 4) is 0 Å². The highest BCUT2D eigenvalue weighted by Crippen LogP contribution is 2.12. The predicted octanol–water partition coefficient (Wildman–Crippen LogP) is 1.65. The molecule has 0 aliphatic rings. The molecule has 0 aliphatic carbocycles. The first-order chi connectivity index (χ1) is 9.52. The van der Waals surface area contributed by atoms with Gasteiger partial charge in [0.15, 0.2) is 0 Å². The van der Waals surface area contributed by atoms with Gasteiger partial charge in [0, 0.05) is 24.4 Å². The highest BCUT2D eigenvalue weighted by Gasteiger charge is 2.04. The molecule has 0 spiro atoms. The van der Waals surface area contributed by atoms with Crippen molar-refractivity contribution < 1.29 is 4.79 Å².